The minimum atomic E-state index is -4.52. The summed E-state index contributed by atoms with van der Waals surface area (Å²) in [5, 5.41) is 11.2. The van der Waals surface area contributed by atoms with Gasteiger partial charge in [-0.1, -0.05) is 23.7 Å². The van der Waals surface area contributed by atoms with Gasteiger partial charge in [0.2, 0.25) is 5.79 Å². The topological polar surface area (TPSA) is 91.9 Å². The number of pyridine rings is 1. The molecule has 0 radical (unpaired) electrons. The predicted octanol–water partition coefficient (Wildman–Crippen LogP) is 3.41. The molecule has 1 aromatic carbocycles. The Morgan fingerprint density at radius 2 is 2.03 bits per heavy atom. The first-order valence-electron chi connectivity index (χ1n) is 10.8. The lowest BCUT2D eigenvalue weighted by molar-refractivity contribution is -0.267. The van der Waals surface area contributed by atoms with Gasteiger partial charge in [0.1, 0.15) is 17.7 Å². The number of carbonyl (C=O) groups excluding carboxylic acids is 1. The maximum atomic E-state index is 13.3. The number of hydrogen-bond donors (Lipinski definition) is 1. The maximum Gasteiger partial charge on any atom is 0.417 e. The molecule has 4 heterocycles. The fourth-order valence-corrected chi connectivity index (χ4v) is 4.66. The molecule has 3 aromatic rings. The lowest BCUT2D eigenvalue weighted by Gasteiger charge is -2.48. The first-order valence-corrected chi connectivity index (χ1v) is 11.1. The molecule has 2 saturated heterocycles. The molecule has 2 aliphatic rings. The third kappa shape index (κ3) is 4.52. The molecule has 0 saturated carbocycles. The third-order valence-electron chi connectivity index (χ3n) is 6.25. The van der Waals surface area contributed by atoms with E-state index in [4.69, 9.17) is 20.8 Å². The molecular formula is C23H20ClF3N4O4. The number of aromatic nitrogens is 2. The van der Waals surface area contributed by atoms with Crippen molar-refractivity contribution in [2.45, 2.75) is 18.0 Å². The van der Waals surface area contributed by atoms with Gasteiger partial charge in [0.25, 0.3) is 5.91 Å². The molecule has 1 N–H and O–H groups in total. The van der Waals surface area contributed by atoms with Crippen molar-refractivity contribution in [2.75, 3.05) is 32.8 Å². The molecule has 35 heavy (non-hydrogen) atoms. The number of alkyl halides is 3. The Bertz CT molecular complexity index is 1220. The van der Waals surface area contributed by atoms with Crippen LogP contribution in [0.25, 0.3) is 11.3 Å². The van der Waals surface area contributed by atoms with Crippen molar-refractivity contribution in [3.05, 3.63) is 71.0 Å². The number of morpholine rings is 1. The molecule has 0 bridgehead atoms. The van der Waals surface area contributed by atoms with E-state index in [9.17, 15) is 23.1 Å². The minimum absolute atomic E-state index is 0.00101. The van der Waals surface area contributed by atoms with E-state index in [2.05, 4.69) is 9.97 Å². The molecule has 2 fully saturated rings. The van der Waals surface area contributed by atoms with Gasteiger partial charge in [-0.3, -0.25) is 14.7 Å². The van der Waals surface area contributed by atoms with E-state index in [1.54, 1.807) is 23.1 Å². The highest BCUT2D eigenvalue weighted by molar-refractivity contribution is 6.36. The molecule has 2 aromatic heterocycles. The molecule has 0 aliphatic carbocycles. The van der Waals surface area contributed by atoms with Crippen LogP contribution in [-0.2, 0) is 16.7 Å². The predicted molar refractivity (Wildman–Crippen MR) is 117 cm³/mol. The first kappa shape index (κ1) is 23.7. The highest BCUT2D eigenvalue weighted by Crippen LogP contribution is 2.34. The van der Waals surface area contributed by atoms with Crippen LogP contribution in [0.1, 0.15) is 21.6 Å². The van der Waals surface area contributed by atoms with Crippen molar-refractivity contribution < 1.29 is 32.2 Å². The molecule has 1 amide bonds. The number of benzene rings is 1. The van der Waals surface area contributed by atoms with Crippen molar-refractivity contribution in [3.8, 4) is 11.3 Å². The van der Waals surface area contributed by atoms with Crippen LogP contribution in [-0.4, -0.2) is 69.6 Å². The van der Waals surface area contributed by atoms with E-state index in [1.165, 1.54) is 12.7 Å². The summed E-state index contributed by atoms with van der Waals surface area (Å²) in [4.78, 5) is 24.7. The number of halogens is 4. The fourth-order valence-electron chi connectivity index (χ4n) is 4.36. The van der Waals surface area contributed by atoms with E-state index in [-0.39, 0.29) is 35.8 Å². The van der Waals surface area contributed by atoms with E-state index in [0.717, 1.165) is 12.1 Å². The summed E-state index contributed by atoms with van der Waals surface area (Å²) in [5.74, 6) is -2.09. The van der Waals surface area contributed by atoms with Gasteiger partial charge in [0.05, 0.1) is 35.3 Å². The minimum Gasteiger partial charge on any atom is -0.451 e. The average Bonchev–Trinajstić information content (AvgIpc) is 3.38. The molecular weight excluding hydrogens is 489 g/mol. The quantitative estimate of drug-likeness (QED) is 0.579. The smallest absolute Gasteiger partial charge is 0.417 e. The van der Waals surface area contributed by atoms with Crippen LogP contribution in [0.2, 0.25) is 5.02 Å². The largest absolute Gasteiger partial charge is 0.451 e. The number of nitrogens with zero attached hydrogens (tertiary/aromatic N) is 4. The Morgan fingerprint density at radius 3 is 2.71 bits per heavy atom. The van der Waals surface area contributed by atoms with Gasteiger partial charge in [-0.05, 0) is 18.2 Å². The van der Waals surface area contributed by atoms with Crippen LogP contribution in [0.15, 0.2) is 53.6 Å². The molecule has 184 valence electrons. The number of hydrogen-bond acceptors (Lipinski definition) is 7. The summed E-state index contributed by atoms with van der Waals surface area (Å²) < 4.78 is 49.2. The van der Waals surface area contributed by atoms with Crippen molar-refractivity contribution in [2.24, 2.45) is 0 Å². The van der Waals surface area contributed by atoms with Gasteiger partial charge in [0.15, 0.2) is 6.39 Å². The van der Waals surface area contributed by atoms with Crippen molar-refractivity contribution in [1.29, 1.82) is 0 Å². The number of ether oxygens (including phenoxy) is 1. The second-order valence-corrected chi connectivity index (χ2v) is 8.82. The summed E-state index contributed by atoms with van der Waals surface area (Å²) in [7, 11) is 0. The molecule has 2 aliphatic heterocycles. The Kier molecular flexibility index (Phi) is 6.04. The summed E-state index contributed by atoms with van der Waals surface area (Å²) in [5.41, 5.74) is 0.532. The lowest BCUT2D eigenvalue weighted by atomic mass is 10.0. The van der Waals surface area contributed by atoms with Crippen LogP contribution in [0.5, 0.6) is 0 Å². The van der Waals surface area contributed by atoms with Crippen molar-refractivity contribution in [1.82, 2.24) is 19.8 Å². The monoisotopic (exact) mass is 508 g/mol. The van der Waals surface area contributed by atoms with Gasteiger partial charge < -0.3 is 19.2 Å². The van der Waals surface area contributed by atoms with Crippen molar-refractivity contribution >= 4 is 17.5 Å². The first-order chi connectivity index (χ1) is 16.7. The highest BCUT2D eigenvalue weighted by Gasteiger charge is 2.44. The highest BCUT2D eigenvalue weighted by atomic mass is 35.5. The Hall–Kier alpha value is -2.99. The fraction of sp³-hybridized carbons (Fsp3) is 0.348. The number of aliphatic hydroxyl groups is 1. The zero-order chi connectivity index (χ0) is 24.8. The van der Waals surface area contributed by atoms with Gasteiger partial charge in [-0.2, -0.15) is 13.2 Å². The Morgan fingerprint density at radius 1 is 1.20 bits per heavy atom. The number of oxazole rings is 1. The van der Waals surface area contributed by atoms with Gasteiger partial charge in [0, 0.05) is 31.4 Å². The lowest BCUT2D eigenvalue weighted by Crippen LogP contribution is -2.63. The summed E-state index contributed by atoms with van der Waals surface area (Å²) in [6.07, 6.45) is -1.12. The Balaban J connectivity index is 1.28. The van der Waals surface area contributed by atoms with Gasteiger partial charge in [-0.25, -0.2) is 4.98 Å². The third-order valence-corrected chi connectivity index (χ3v) is 6.66. The molecule has 12 heteroatoms. The number of fused-ring (bicyclic) bond motifs is 1. The van der Waals surface area contributed by atoms with Crippen molar-refractivity contribution in [3.63, 3.8) is 0 Å². The van der Waals surface area contributed by atoms with E-state index in [0.29, 0.717) is 42.7 Å². The van der Waals surface area contributed by atoms with Gasteiger partial charge >= 0.3 is 6.18 Å². The summed E-state index contributed by atoms with van der Waals surface area (Å²) in [6, 6.07) is 6.89. The number of piperazine rings is 1. The molecule has 8 nitrogen and oxygen atoms in total. The van der Waals surface area contributed by atoms with E-state index in [1.807, 2.05) is 4.90 Å². The van der Waals surface area contributed by atoms with Crippen LogP contribution in [0.3, 0.4) is 0 Å². The Labute approximate surface area is 202 Å². The second kappa shape index (κ2) is 8.90. The molecule has 0 spiro atoms. The van der Waals surface area contributed by atoms with E-state index < -0.39 is 17.5 Å². The normalized spacial score (nSPS) is 23.2. The van der Waals surface area contributed by atoms with Crippen LogP contribution >= 0.6 is 11.6 Å². The van der Waals surface area contributed by atoms with Gasteiger partial charge in [-0.15, -0.1) is 0 Å². The van der Waals surface area contributed by atoms with Crippen LogP contribution < -0.4 is 0 Å². The summed E-state index contributed by atoms with van der Waals surface area (Å²) >= 11 is 6.52. The average molecular weight is 509 g/mol. The summed E-state index contributed by atoms with van der Waals surface area (Å²) in [6.45, 7) is 1.22. The number of rotatable bonds is 3. The SMILES string of the molecule is O=C(c1cccc(-c2cocn2)c1Cl)N1CCN2C[C@@](O)(c3ccc(C(F)(F)F)cn3)OC[C@@H]2C1. The number of carbonyl (C=O) groups is 1. The zero-order valence-corrected chi connectivity index (χ0v) is 19.0. The zero-order valence-electron chi connectivity index (χ0n) is 18.2. The molecule has 2 atom stereocenters. The second-order valence-electron chi connectivity index (χ2n) is 8.44. The maximum absolute atomic E-state index is 13.3. The molecule has 0 unspecified atom stereocenters. The number of amides is 1. The van der Waals surface area contributed by atoms with Crippen LogP contribution in [0.4, 0.5) is 13.2 Å². The molecule has 5 rings (SSSR count). The van der Waals surface area contributed by atoms with E-state index >= 15 is 0 Å². The van der Waals surface area contributed by atoms with Crippen LogP contribution in [0, 0.1) is 0 Å². The standard InChI is InChI=1S/C23H20ClF3N4O4/c24-20-16(18-11-34-13-29-18)2-1-3-17(20)21(32)30-6-7-31-12-22(33,35-10-15(31)9-30)19-5-4-14(8-28-19)23(25,26)27/h1-5,8,11,13,15,33H,6-7,9-10,12H2/t15-,22-/m0/s1.